The minimum absolute atomic E-state index is 0.0733. The van der Waals surface area contributed by atoms with Crippen LogP contribution in [0.4, 0.5) is 5.69 Å². The second-order valence-electron chi connectivity index (χ2n) is 2.73. The van der Waals surface area contributed by atoms with Crippen molar-refractivity contribution in [3.63, 3.8) is 0 Å². The number of rotatable bonds is 1. The van der Waals surface area contributed by atoms with Crippen molar-refractivity contribution in [2.75, 3.05) is 11.9 Å². The number of carbonyl (C=O) groups is 1. The fourth-order valence-corrected chi connectivity index (χ4v) is 1.16. The van der Waals surface area contributed by atoms with Gasteiger partial charge >= 0.3 is 0 Å². The molecule has 0 saturated heterocycles. The monoisotopic (exact) mass is 175 g/mol. The first-order valence-electron chi connectivity index (χ1n) is 4.01. The van der Waals surface area contributed by atoms with Crippen LogP contribution < -0.4 is 15.6 Å². The van der Waals surface area contributed by atoms with Crippen LogP contribution in [0.3, 0.4) is 0 Å². The molecule has 1 aromatic rings. The first-order chi connectivity index (χ1) is 6.29. The third kappa shape index (κ3) is 1.49. The number of nitrogens with zero attached hydrogens (tertiary/aromatic N) is 1. The summed E-state index contributed by atoms with van der Waals surface area (Å²) in [5, 5.41) is 2.71. The van der Waals surface area contributed by atoms with Gasteiger partial charge in [0.1, 0.15) is 0 Å². The van der Waals surface area contributed by atoms with Gasteiger partial charge in [-0.05, 0) is 11.7 Å². The molecule has 1 aromatic heterocycles. The smallest absolute Gasteiger partial charge is 0.262 e. The summed E-state index contributed by atoms with van der Waals surface area (Å²) in [7, 11) is 1.86. The predicted molar refractivity (Wildman–Crippen MR) is 49.6 cm³/mol. The Morgan fingerprint density at radius 1 is 1.69 bits per heavy atom. The first-order valence-corrected chi connectivity index (χ1v) is 4.01. The van der Waals surface area contributed by atoms with E-state index in [0.717, 1.165) is 5.59 Å². The standard InChI is InChI=1S/C8H8BN2O2/c1-9-7-2-5-6(3-10-7)13-4-8(12)11-5/h2-3H,4H2,1H3,(H,11,12). The van der Waals surface area contributed by atoms with Gasteiger partial charge in [0.05, 0.1) is 11.9 Å². The van der Waals surface area contributed by atoms with Crippen molar-refractivity contribution in [2.24, 2.45) is 0 Å². The average Bonchev–Trinajstić information content (AvgIpc) is 2.16. The molecule has 0 aromatic carbocycles. The van der Waals surface area contributed by atoms with E-state index in [1.54, 1.807) is 12.3 Å². The molecule has 1 N–H and O–H groups in total. The number of amides is 1. The Hall–Kier alpha value is -1.52. The second-order valence-corrected chi connectivity index (χ2v) is 2.73. The van der Waals surface area contributed by atoms with Crippen molar-refractivity contribution in [1.82, 2.24) is 4.98 Å². The molecular formula is C8H8BN2O2. The largest absolute Gasteiger partial charge is 0.480 e. The molecule has 2 rings (SSSR count). The molecule has 2 heterocycles. The summed E-state index contributed by atoms with van der Waals surface area (Å²) in [5.41, 5.74) is 1.52. The van der Waals surface area contributed by atoms with Crippen molar-refractivity contribution in [3.8, 4) is 5.75 Å². The Balaban J connectivity index is 2.38. The number of nitrogens with one attached hydrogen (secondary N) is 1. The van der Waals surface area contributed by atoms with Crippen LogP contribution in [0.1, 0.15) is 0 Å². The number of aromatic nitrogens is 1. The van der Waals surface area contributed by atoms with E-state index in [-0.39, 0.29) is 12.5 Å². The molecule has 1 aliphatic rings. The Labute approximate surface area is 76.6 Å². The number of fused-ring (bicyclic) bond motifs is 1. The summed E-state index contributed by atoms with van der Waals surface area (Å²) in [6, 6.07) is 1.78. The van der Waals surface area contributed by atoms with Crippen LogP contribution >= 0.6 is 0 Å². The topological polar surface area (TPSA) is 51.2 Å². The van der Waals surface area contributed by atoms with Crippen LogP contribution in [0.5, 0.6) is 5.75 Å². The summed E-state index contributed by atoms with van der Waals surface area (Å²) < 4.78 is 5.15. The Morgan fingerprint density at radius 3 is 3.31 bits per heavy atom. The molecule has 1 radical (unpaired) electrons. The van der Waals surface area contributed by atoms with Crippen LogP contribution in [-0.2, 0) is 4.79 Å². The Morgan fingerprint density at radius 2 is 2.54 bits per heavy atom. The van der Waals surface area contributed by atoms with Crippen LogP contribution in [0, 0.1) is 0 Å². The van der Waals surface area contributed by atoms with Gasteiger partial charge in [0.2, 0.25) is 0 Å². The Bertz CT molecular complexity index is 354. The van der Waals surface area contributed by atoms with E-state index in [0.29, 0.717) is 11.4 Å². The molecule has 0 spiro atoms. The quantitative estimate of drug-likeness (QED) is 0.600. The van der Waals surface area contributed by atoms with Crippen molar-refractivity contribution in [1.29, 1.82) is 0 Å². The fraction of sp³-hybridized carbons (Fsp3) is 0.250. The highest BCUT2D eigenvalue weighted by molar-refractivity contribution is 6.50. The summed E-state index contributed by atoms with van der Waals surface area (Å²) in [6.07, 6.45) is 1.62. The summed E-state index contributed by atoms with van der Waals surface area (Å²) in [4.78, 5) is 15.1. The predicted octanol–water partition coefficient (Wildman–Crippen LogP) is -0.210. The maximum Gasteiger partial charge on any atom is 0.262 e. The molecule has 4 nitrogen and oxygen atoms in total. The van der Waals surface area contributed by atoms with E-state index in [4.69, 9.17) is 4.74 Å². The molecule has 0 saturated carbocycles. The second kappa shape index (κ2) is 3.09. The maximum absolute atomic E-state index is 11.0. The van der Waals surface area contributed by atoms with E-state index >= 15 is 0 Å². The third-order valence-electron chi connectivity index (χ3n) is 1.82. The minimum atomic E-state index is -0.124. The van der Waals surface area contributed by atoms with Gasteiger partial charge in [-0.15, -0.1) is 0 Å². The van der Waals surface area contributed by atoms with E-state index < -0.39 is 0 Å². The van der Waals surface area contributed by atoms with E-state index in [9.17, 15) is 4.79 Å². The summed E-state index contributed by atoms with van der Waals surface area (Å²) in [6.45, 7) is 1.96. The highest BCUT2D eigenvalue weighted by Gasteiger charge is 2.15. The molecule has 5 heteroatoms. The number of pyridine rings is 1. The van der Waals surface area contributed by atoms with Crippen molar-refractivity contribution in [3.05, 3.63) is 12.3 Å². The average molecular weight is 175 g/mol. The third-order valence-corrected chi connectivity index (χ3v) is 1.82. The zero-order valence-electron chi connectivity index (χ0n) is 7.20. The zero-order valence-corrected chi connectivity index (χ0v) is 7.20. The SMILES string of the molecule is C[B]c1cc2c(cn1)OCC(=O)N2. The lowest BCUT2D eigenvalue weighted by Crippen LogP contribution is -2.27. The number of anilines is 1. The summed E-state index contributed by atoms with van der Waals surface area (Å²) in [5.74, 6) is 0.506. The fourth-order valence-electron chi connectivity index (χ4n) is 1.16. The molecule has 0 bridgehead atoms. The van der Waals surface area contributed by atoms with Crippen LogP contribution in [0.15, 0.2) is 12.3 Å². The van der Waals surface area contributed by atoms with Crippen LogP contribution in [0.2, 0.25) is 6.82 Å². The van der Waals surface area contributed by atoms with E-state index in [2.05, 4.69) is 10.3 Å². The van der Waals surface area contributed by atoms with Gasteiger partial charge in [-0.25, -0.2) is 0 Å². The van der Waals surface area contributed by atoms with Gasteiger partial charge in [-0.1, -0.05) is 6.82 Å². The molecule has 1 aliphatic heterocycles. The molecule has 0 aliphatic carbocycles. The lowest BCUT2D eigenvalue weighted by atomic mass is 9.77. The van der Waals surface area contributed by atoms with Gasteiger partial charge in [-0.3, -0.25) is 9.78 Å². The van der Waals surface area contributed by atoms with Crippen molar-refractivity contribution >= 4 is 24.5 Å². The maximum atomic E-state index is 11.0. The zero-order chi connectivity index (χ0) is 9.26. The lowest BCUT2D eigenvalue weighted by molar-refractivity contribution is -0.118. The van der Waals surface area contributed by atoms with E-state index in [1.165, 1.54) is 0 Å². The highest BCUT2D eigenvalue weighted by atomic mass is 16.5. The van der Waals surface area contributed by atoms with Gasteiger partial charge in [0.25, 0.3) is 5.91 Å². The number of hydrogen-bond donors (Lipinski definition) is 1. The van der Waals surface area contributed by atoms with Gasteiger partial charge in [0.15, 0.2) is 19.6 Å². The first kappa shape index (κ1) is 8.10. The molecule has 0 unspecified atom stereocenters. The molecule has 0 atom stereocenters. The minimum Gasteiger partial charge on any atom is -0.480 e. The number of hydrogen-bond acceptors (Lipinski definition) is 3. The Kier molecular flexibility index (Phi) is 1.92. The molecule has 1 amide bonds. The van der Waals surface area contributed by atoms with Crippen LogP contribution in [0.25, 0.3) is 0 Å². The number of ether oxygens (including phenoxy) is 1. The molecular weight excluding hydrogens is 167 g/mol. The van der Waals surface area contributed by atoms with Crippen molar-refractivity contribution in [2.45, 2.75) is 6.82 Å². The molecule has 65 valence electrons. The summed E-state index contributed by atoms with van der Waals surface area (Å²) >= 11 is 0. The molecule has 13 heavy (non-hydrogen) atoms. The lowest BCUT2D eigenvalue weighted by Gasteiger charge is -2.17. The normalized spacial score (nSPS) is 14.1. The van der Waals surface area contributed by atoms with Gasteiger partial charge < -0.3 is 10.1 Å². The highest BCUT2D eigenvalue weighted by Crippen LogP contribution is 2.24. The van der Waals surface area contributed by atoms with Gasteiger partial charge in [0, 0.05) is 0 Å². The molecule has 0 fully saturated rings. The van der Waals surface area contributed by atoms with E-state index in [1.807, 2.05) is 14.1 Å². The van der Waals surface area contributed by atoms with Gasteiger partial charge in [-0.2, -0.15) is 0 Å². The number of carbonyl (C=O) groups excluding carboxylic acids is 1. The van der Waals surface area contributed by atoms with Crippen LogP contribution in [-0.4, -0.2) is 24.8 Å². The van der Waals surface area contributed by atoms with Crippen molar-refractivity contribution < 1.29 is 9.53 Å².